The molecule has 1 aromatic heterocycles. The van der Waals surface area contributed by atoms with E-state index >= 15 is 0 Å². The summed E-state index contributed by atoms with van der Waals surface area (Å²) in [4.78, 5) is 14.8. The number of halogens is 1. The van der Waals surface area contributed by atoms with Crippen LogP contribution in [0.4, 0.5) is 5.69 Å². The van der Waals surface area contributed by atoms with Gasteiger partial charge in [-0.1, -0.05) is 29.8 Å². The Morgan fingerprint density at radius 3 is 2.46 bits per heavy atom. The summed E-state index contributed by atoms with van der Waals surface area (Å²) in [5, 5.41) is 11.3. The van der Waals surface area contributed by atoms with Crippen LogP contribution in [0, 0.1) is 11.3 Å². The van der Waals surface area contributed by atoms with Crippen molar-refractivity contribution in [2.45, 2.75) is 18.9 Å². The molecule has 1 aliphatic heterocycles. The number of aromatic nitrogens is 1. The average molecular weight is 394 g/mol. The molecule has 1 saturated heterocycles. The molecule has 1 fully saturated rings. The summed E-state index contributed by atoms with van der Waals surface area (Å²) >= 11 is 5.93. The average Bonchev–Trinajstić information content (AvgIpc) is 2.73. The Balaban J connectivity index is 1.60. The van der Waals surface area contributed by atoms with Gasteiger partial charge in [0.25, 0.3) is 5.56 Å². The summed E-state index contributed by atoms with van der Waals surface area (Å²) in [6.45, 7) is 1.45. The number of nitrogens with zero attached hydrogens (tertiary/aromatic N) is 3. The first-order valence-electron chi connectivity index (χ1n) is 9.27. The van der Waals surface area contributed by atoms with Crippen LogP contribution in [0.3, 0.4) is 0 Å². The van der Waals surface area contributed by atoms with Crippen molar-refractivity contribution < 1.29 is 4.74 Å². The van der Waals surface area contributed by atoms with Crippen molar-refractivity contribution >= 4 is 28.2 Å². The molecule has 2 heterocycles. The Morgan fingerprint density at radius 1 is 1.11 bits per heavy atom. The topological polar surface area (TPSA) is 58.3 Å². The van der Waals surface area contributed by atoms with Gasteiger partial charge in [-0.25, -0.2) is 0 Å². The number of fused-ring (bicyclic) bond motifs is 1. The first-order valence-corrected chi connectivity index (χ1v) is 9.65. The predicted molar refractivity (Wildman–Crippen MR) is 111 cm³/mol. The maximum Gasteiger partial charge on any atom is 0.270 e. The van der Waals surface area contributed by atoms with Crippen molar-refractivity contribution in [2.75, 3.05) is 18.0 Å². The fraction of sp³-hybridized carbons (Fsp3) is 0.273. The van der Waals surface area contributed by atoms with Gasteiger partial charge in [-0.15, -0.1) is 0 Å². The predicted octanol–water partition coefficient (Wildman–Crippen LogP) is 4.11. The zero-order valence-corrected chi connectivity index (χ0v) is 16.3. The molecule has 0 spiro atoms. The summed E-state index contributed by atoms with van der Waals surface area (Å²) in [6.07, 6.45) is 1.73. The monoisotopic (exact) mass is 393 g/mol. The maximum atomic E-state index is 12.7. The van der Waals surface area contributed by atoms with E-state index in [1.165, 1.54) is 0 Å². The van der Waals surface area contributed by atoms with E-state index in [9.17, 15) is 10.1 Å². The van der Waals surface area contributed by atoms with Crippen LogP contribution in [0.2, 0.25) is 5.02 Å². The number of hydrogen-bond donors (Lipinski definition) is 0. The normalized spacial score (nSPS) is 14.8. The molecule has 0 bridgehead atoms. The molecule has 0 radical (unpaired) electrons. The number of benzene rings is 2. The number of nitriles is 1. The third kappa shape index (κ3) is 3.32. The van der Waals surface area contributed by atoms with Crippen molar-refractivity contribution in [3.05, 3.63) is 69.5 Å². The van der Waals surface area contributed by atoms with Gasteiger partial charge in [-0.3, -0.25) is 4.79 Å². The third-order valence-electron chi connectivity index (χ3n) is 5.26. The second-order valence-electron chi connectivity index (χ2n) is 6.97. The molecule has 28 heavy (non-hydrogen) atoms. The van der Waals surface area contributed by atoms with E-state index < -0.39 is 0 Å². The molecule has 4 rings (SSSR count). The second kappa shape index (κ2) is 7.57. The molecule has 1 aliphatic rings. The van der Waals surface area contributed by atoms with Gasteiger partial charge in [-0.05, 0) is 30.3 Å². The maximum absolute atomic E-state index is 12.7. The van der Waals surface area contributed by atoms with E-state index in [1.807, 2.05) is 48.5 Å². The minimum atomic E-state index is -0.254. The molecule has 0 saturated carbocycles. The summed E-state index contributed by atoms with van der Waals surface area (Å²) in [5.74, 6) is 0.805. The van der Waals surface area contributed by atoms with Crippen LogP contribution in [-0.4, -0.2) is 23.8 Å². The number of ether oxygens (including phenoxy) is 1. The SMILES string of the molecule is Cn1c(=O)c(C#N)c(N2CCC(Oc3ccc(Cl)cc3)CC2)c2ccccc21. The van der Waals surface area contributed by atoms with E-state index in [0.717, 1.165) is 48.3 Å². The van der Waals surface area contributed by atoms with Crippen molar-refractivity contribution in [3.8, 4) is 11.8 Å². The molecule has 142 valence electrons. The van der Waals surface area contributed by atoms with Gasteiger partial charge in [0.05, 0.1) is 11.2 Å². The molecule has 2 aromatic carbocycles. The zero-order valence-electron chi connectivity index (χ0n) is 15.6. The summed E-state index contributed by atoms with van der Waals surface area (Å²) in [6, 6.07) is 17.2. The van der Waals surface area contributed by atoms with Crippen molar-refractivity contribution in [1.82, 2.24) is 4.57 Å². The highest BCUT2D eigenvalue weighted by Gasteiger charge is 2.26. The van der Waals surface area contributed by atoms with Gasteiger partial charge in [-0.2, -0.15) is 5.26 Å². The van der Waals surface area contributed by atoms with Gasteiger partial charge in [0.1, 0.15) is 23.5 Å². The van der Waals surface area contributed by atoms with Gasteiger partial charge < -0.3 is 14.2 Å². The van der Waals surface area contributed by atoms with Gasteiger partial charge in [0, 0.05) is 43.4 Å². The first-order chi connectivity index (χ1) is 13.6. The molecule has 5 nitrogen and oxygen atoms in total. The number of hydrogen-bond acceptors (Lipinski definition) is 4. The molecule has 0 N–H and O–H groups in total. The fourth-order valence-electron chi connectivity index (χ4n) is 3.81. The van der Waals surface area contributed by atoms with E-state index in [-0.39, 0.29) is 17.2 Å². The molecule has 0 unspecified atom stereocenters. The van der Waals surface area contributed by atoms with Crippen LogP contribution >= 0.6 is 11.6 Å². The lowest BCUT2D eigenvalue weighted by molar-refractivity contribution is 0.171. The number of aryl methyl sites for hydroxylation is 1. The van der Waals surface area contributed by atoms with Crippen molar-refractivity contribution in [1.29, 1.82) is 5.26 Å². The minimum Gasteiger partial charge on any atom is -0.490 e. The molecule has 3 aromatic rings. The smallest absolute Gasteiger partial charge is 0.270 e. The van der Waals surface area contributed by atoms with E-state index in [4.69, 9.17) is 16.3 Å². The number of rotatable bonds is 3. The lowest BCUT2D eigenvalue weighted by atomic mass is 10.0. The number of anilines is 1. The van der Waals surface area contributed by atoms with E-state index in [1.54, 1.807) is 11.6 Å². The van der Waals surface area contributed by atoms with Crippen molar-refractivity contribution in [3.63, 3.8) is 0 Å². The summed E-state index contributed by atoms with van der Waals surface area (Å²) < 4.78 is 7.61. The van der Waals surface area contributed by atoms with E-state index in [2.05, 4.69) is 11.0 Å². The Hall–Kier alpha value is -2.97. The standard InChI is InChI=1S/C22H20ClN3O2/c1-25-20-5-3-2-4-18(20)21(19(14-24)22(25)27)26-12-10-17(11-13-26)28-16-8-6-15(23)7-9-16/h2-9,17H,10-13H2,1H3. The lowest BCUT2D eigenvalue weighted by Crippen LogP contribution is -2.40. The van der Waals surface area contributed by atoms with Crippen molar-refractivity contribution in [2.24, 2.45) is 7.05 Å². The highest BCUT2D eigenvalue weighted by molar-refractivity contribution is 6.30. The Morgan fingerprint density at radius 2 is 1.79 bits per heavy atom. The van der Waals surface area contributed by atoms with Crippen LogP contribution in [0.15, 0.2) is 53.3 Å². The Labute approximate surface area is 168 Å². The molecule has 6 heteroatoms. The third-order valence-corrected chi connectivity index (χ3v) is 5.51. The minimum absolute atomic E-state index is 0.0979. The molecule has 0 atom stereocenters. The van der Waals surface area contributed by atoms with E-state index in [0.29, 0.717) is 5.02 Å². The lowest BCUT2D eigenvalue weighted by Gasteiger charge is -2.35. The molecular weight excluding hydrogens is 374 g/mol. The summed E-state index contributed by atoms with van der Waals surface area (Å²) in [7, 11) is 1.71. The van der Waals surface area contributed by atoms with Gasteiger partial charge >= 0.3 is 0 Å². The van der Waals surface area contributed by atoms with Crippen LogP contribution in [-0.2, 0) is 7.05 Å². The number of para-hydroxylation sites is 1. The fourth-order valence-corrected chi connectivity index (χ4v) is 3.94. The molecular formula is C22H20ClN3O2. The van der Waals surface area contributed by atoms with Crippen LogP contribution in [0.25, 0.3) is 10.9 Å². The van der Waals surface area contributed by atoms with Gasteiger partial charge in [0.2, 0.25) is 0 Å². The molecule has 0 aliphatic carbocycles. The zero-order chi connectivity index (χ0) is 19.7. The quantitative estimate of drug-likeness (QED) is 0.671. The number of piperidine rings is 1. The first kappa shape index (κ1) is 18.4. The summed E-state index contributed by atoms with van der Waals surface area (Å²) in [5.41, 5.74) is 1.53. The molecule has 0 amide bonds. The highest BCUT2D eigenvalue weighted by Crippen LogP contribution is 2.31. The van der Waals surface area contributed by atoms with Crippen LogP contribution < -0.4 is 15.2 Å². The largest absolute Gasteiger partial charge is 0.490 e. The highest BCUT2D eigenvalue weighted by atomic mass is 35.5. The van der Waals surface area contributed by atoms with Crippen LogP contribution in [0.1, 0.15) is 18.4 Å². The van der Waals surface area contributed by atoms with Crippen LogP contribution in [0.5, 0.6) is 5.75 Å². The Kier molecular flexibility index (Phi) is 4.97. The number of pyridine rings is 1. The second-order valence-corrected chi connectivity index (χ2v) is 7.41. The Bertz CT molecular complexity index is 1110. The van der Waals surface area contributed by atoms with Gasteiger partial charge in [0.15, 0.2) is 0 Å².